The van der Waals surface area contributed by atoms with Crippen molar-refractivity contribution in [1.82, 2.24) is 9.88 Å². The lowest BCUT2D eigenvalue weighted by Gasteiger charge is -2.37. The molecule has 0 spiro atoms. The minimum atomic E-state index is 0.571. The number of piperidine rings is 1. The van der Waals surface area contributed by atoms with Crippen LogP contribution < -0.4 is 4.90 Å². The van der Waals surface area contributed by atoms with Crippen molar-refractivity contribution in [3.05, 3.63) is 23.4 Å². The van der Waals surface area contributed by atoms with Gasteiger partial charge in [0.15, 0.2) is 0 Å². The maximum Gasteiger partial charge on any atom is 0.128 e. The number of nitrogens with zero attached hydrogens (tertiary/aromatic N) is 3. The first-order valence-electron chi connectivity index (χ1n) is 9.33. The number of ether oxygens (including phenoxy) is 1. The summed E-state index contributed by atoms with van der Waals surface area (Å²) in [6.45, 7) is 10.6. The third kappa shape index (κ3) is 4.04. The van der Waals surface area contributed by atoms with Gasteiger partial charge in [0.2, 0.25) is 0 Å². The van der Waals surface area contributed by atoms with E-state index in [1.54, 1.807) is 0 Å². The minimum absolute atomic E-state index is 0.571. The van der Waals surface area contributed by atoms with E-state index in [9.17, 15) is 0 Å². The van der Waals surface area contributed by atoms with Crippen molar-refractivity contribution in [1.29, 1.82) is 0 Å². The monoisotopic (exact) mass is 317 g/mol. The summed E-state index contributed by atoms with van der Waals surface area (Å²) in [5.41, 5.74) is 2.84. The Morgan fingerprint density at radius 2 is 2.04 bits per heavy atom. The largest absolute Gasteiger partial charge is 0.378 e. The summed E-state index contributed by atoms with van der Waals surface area (Å²) in [5.74, 6) is 1.12. The van der Waals surface area contributed by atoms with Gasteiger partial charge in [0.05, 0.1) is 13.2 Å². The van der Waals surface area contributed by atoms with Crippen molar-refractivity contribution in [2.75, 3.05) is 44.3 Å². The highest BCUT2D eigenvalue weighted by molar-refractivity contribution is 5.44. The van der Waals surface area contributed by atoms with Gasteiger partial charge in [-0.25, -0.2) is 4.98 Å². The molecule has 0 bridgehead atoms. The van der Waals surface area contributed by atoms with E-state index in [0.29, 0.717) is 6.04 Å². The molecule has 2 aliphatic rings. The van der Waals surface area contributed by atoms with Crippen molar-refractivity contribution in [3.63, 3.8) is 0 Å². The molecule has 0 aliphatic carbocycles. The van der Waals surface area contributed by atoms with E-state index in [0.717, 1.165) is 32.1 Å². The molecule has 128 valence electrons. The van der Waals surface area contributed by atoms with Crippen LogP contribution in [-0.2, 0) is 4.74 Å². The van der Waals surface area contributed by atoms with Crippen LogP contribution in [0, 0.1) is 6.92 Å². The van der Waals surface area contributed by atoms with Crippen LogP contribution in [0.3, 0.4) is 0 Å². The SMILES string of the molecule is CCCCN1CCCC[C@H]1c1cnc(N2CCOCC2)cc1C. The van der Waals surface area contributed by atoms with Gasteiger partial charge >= 0.3 is 0 Å². The lowest BCUT2D eigenvalue weighted by Crippen LogP contribution is -2.37. The van der Waals surface area contributed by atoms with E-state index in [4.69, 9.17) is 9.72 Å². The number of hydrogen-bond acceptors (Lipinski definition) is 4. The van der Waals surface area contributed by atoms with Crippen molar-refractivity contribution >= 4 is 5.82 Å². The lowest BCUT2D eigenvalue weighted by atomic mass is 9.93. The first-order chi connectivity index (χ1) is 11.3. The fraction of sp³-hybridized carbons (Fsp3) is 0.737. The number of pyridine rings is 1. The molecule has 1 atom stereocenters. The van der Waals surface area contributed by atoms with Crippen molar-refractivity contribution < 1.29 is 4.74 Å². The van der Waals surface area contributed by atoms with Crippen molar-refractivity contribution in [2.45, 2.75) is 52.0 Å². The van der Waals surface area contributed by atoms with Crippen LogP contribution in [-0.4, -0.2) is 49.3 Å². The third-order valence-electron chi connectivity index (χ3n) is 5.24. The normalized spacial score (nSPS) is 23.2. The number of morpholine rings is 1. The molecule has 1 aromatic heterocycles. The van der Waals surface area contributed by atoms with E-state index >= 15 is 0 Å². The van der Waals surface area contributed by atoms with Gasteiger partial charge in [0, 0.05) is 25.3 Å². The molecule has 2 fully saturated rings. The van der Waals surface area contributed by atoms with Crippen molar-refractivity contribution in [3.8, 4) is 0 Å². The highest BCUT2D eigenvalue weighted by atomic mass is 16.5. The number of anilines is 1. The molecular weight excluding hydrogens is 286 g/mol. The van der Waals surface area contributed by atoms with Crippen LogP contribution in [0.25, 0.3) is 0 Å². The molecule has 3 rings (SSSR count). The predicted molar refractivity (Wildman–Crippen MR) is 95.1 cm³/mol. The number of aromatic nitrogens is 1. The second kappa shape index (κ2) is 8.11. The summed E-state index contributed by atoms with van der Waals surface area (Å²) in [5, 5.41) is 0. The first kappa shape index (κ1) is 16.7. The fourth-order valence-electron chi connectivity index (χ4n) is 3.84. The van der Waals surface area contributed by atoms with Crippen molar-refractivity contribution in [2.24, 2.45) is 0 Å². The van der Waals surface area contributed by atoms with Gasteiger partial charge in [-0.05, 0) is 56.5 Å². The minimum Gasteiger partial charge on any atom is -0.378 e. The zero-order chi connectivity index (χ0) is 16.1. The van der Waals surface area contributed by atoms with Crippen LogP contribution in [0.4, 0.5) is 5.82 Å². The van der Waals surface area contributed by atoms with Gasteiger partial charge in [-0.1, -0.05) is 19.8 Å². The van der Waals surface area contributed by atoms with E-state index in [-0.39, 0.29) is 0 Å². The molecule has 0 unspecified atom stereocenters. The topological polar surface area (TPSA) is 28.6 Å². The second-order valence-electron chi connectivity index (χ2n) is 6.90. The van der Waals surface area contributed by atoms with Crippen LogP contribution in [0.5, 0.6) is 0 Å². The van der Waals surface area contributed by atoms with Gasteiger partial charge < -0.3 is 9.64 Å². The molecule has 0 radical (unpaired) electrons. The Morgan fingerprint density at radius 3 is 2.78 bits per heavy atom. The molecule has 4 heteroatoms. The van der Waals surface area contributed by atoms with E-state index in [2.05, 4.69) is 35.9 Å². The molecule has 0 N–H and O–H groups in total. The summed E-state index contributed by atoms with van der Waals surface area (Å²) in [4.78, 5) is 9.83. The summed E-state index contributed by atoms with van der Waals surface area (Å²) >= 11 is 0. The fourth-order valence-corrected chi connectivity index (χ4v) is 3.84. The van der Waals surface area contributed by atoms with E-state index < -0.39 is 0 Å². The van der Waals surface area contributed by atoms with E-state index in [1.165, 1.54) is 56.3 Å². The molecule has 23 heavy (non-hydrogen) atoms. The molecule has 2 saturated heterocycles. The Kier molecular flexibility index (Phi) is 5.90. The number of hydrogen-bond donors (Lipinski definition) is 0. The summed E-state index contributed by atoms with van der Waals surface area (Å²) < 4.78 is 5.45. The van der Waals surface area contributed by atoms with Crippen LogP contribution in [0.2, 0.25) is 0 Å². The molecule has 0 amide bonds. The quantitative estimate of drug-likeness (QED) is 0.830. The zero-order valence-electron chi connectivity index (χ0n) is 14.8. The molecular formula is C19H31N3O. The average Bonchev–Trinajstić information content (AvgIpc) is 2.61. The highest BCUT2D eigenvalue weighted by Crippen LogP contribution is 2.33. The Hall–Kier alpha value is -1.13. The first-order valence-corrected chi connectivity index (χ1v) is 9.33. The Bertz CT molecular complexity index is 499. The Labute approximate surface area is 140 Å². The zero-order valence-corrected chi connectivity index (χ0v) is 14.8. The second-order valence-corrected chi connectivity index (χ2v) is 6.90. The average molecular weight is 317 g/mol. The standard InChI is InChI=1S/C19H31N3O/c1-3-4-8-21-9-6-5-7-18(21)17-15-20-19(14-16(17)2)22-10-12-23-13-11-22/h14-15,18H,3-13H2,1-2H3/t18-/m0/s1. The molecule has 2 aliphatic heterocycles. The summed E-state index contributed by atoms with van der Waals surface area (Å²) in [6, 6.07) is 2.86. The number of rotatable bonds is 5. The van der Waals surface area contributed by atoms with Crippen LogP contribution in [0.1, 0.15) is 56.2 Å². The van der Waals surface area contributed by atoms with Gasteiger partial charge in [-0.3, -0.25) is 4.90 Å². The van der Waals surface area contributed by atoms with Gasteiger partial charge in [-0.2, -0.15) is 0 Å². The Morgan fingerprint density at radius 1 is 1.22 bits per heavy atom. The maximum absolute atomic E-state index is 5.45. The number of likely N-dealkylation sites (tertiary alicyclic amines) is 1. The van der Waals surface area contributed by atoms with Crippen LogP contribution in [0.15, 0.2) is 12.3 Å². The lowest BCUT2D eigenvalue weighted by molar-refractivity contribution is 0.122. The maximum atomic E-state index is 5.45. The third-order valence-corrected chi connectivity index (χ3v) is 5.24. The molecule has 1 aromatic rings. The highest BCUT2D eigenvalue weighted by Gasteiger charge is 2.25. The van der Waals surface area contributed by atoms with E-state index in [1.807, 2.05) is 0 Å². The number of unbranched alkanes of at least 4 members (excludes halogenated alkanes) is 1. The smallest absolute Gasteiger partial charge is 0.128 e. The van der Waals surface area contributed by atoms with Crippen LogP contribution >= 0.6 is 0 Å². The van der Waals surface area contributed by atoms with Gasteiger partial charge in [0.1, 0.15) is 5.82 Å². The molecule has 4 nitrogen and oxygen atoms in total. The van der Waals surface area contributed by atoms with Gasteiger partial charge in [0.25, 0.3) is 0 Å². The molecule has 0 aromatic carbocycles. The number of aryl methyl sites for hydroxylation is 1. The molecule has 3 heterocycles. The van der Waals surface area contributed by atoms with Gasteiger partial charge in [-0.15, -0.1) is 0 Å². The summed E-state index contributed by atoms with van der Waals surface area (Å²) in [6.07, 6.45) is 8.69. The summed E-state index contributed by atoms with van der Waals surface area (Å²) in [7, 11) is 0. The Balaban J connectivity index is 1.75. The predicted octanol–water partition coefficient (Wildman–Crippen LogP) is 3.55. The molecule has 0 saturated carbocycles.